The van der Waals surface area contributed by atoms with Crippen molar-refractivity contribution in [3.8, 4) is 11.5 Å². The summed E-state index contributed by atoms with van der Waals surface area (Å²) >= 11 is 0. The standard InChI is InChI=1S/C30H47NO7/c1-22(33)37-27(20-25(34)10-5-3-2-4-8-17-32)15-14-23-18-24(21-31-16-9-13-29(31)35)30(36)28(19-23)38-26-11-6-7-12-26/h18-19,25-27,32,34,36H,2-17,20-21H2,1H3/t25-,27+/m0/s1. The van der Waals surface area contributed by atoms with Crippen LogP contribution in [0.4, 0.5) is 0 Å². The predicted octanol–water partition coefficient (Wildman–Crippen LogP) is 4.78. The highest BCUT2D eigenvalue weighted by atomic mass is 16.5. The van der Waals surface area contributed by atoms with Crippen molar-refractivity contribution in [2.45, 2.75) is 128 Å². The highest BCUT2D eigenvalue weighted by molar-refractivity contribution is 5.78. The first-order chi connectivity index (χ1) is 18.4. The molecule has 1 amide bonds. The number of hydrogen-bond acceptors (Lipinski definition) is 7. The normalized spacial score (nSPS) is 17.7. The largest absolute Gasteiger partial charge is 0.504 e. The second kappa shape index (κ2) is 15.9. The summed E-state index contributed by atoms with van der Waals surface area (Å²) in [6.07, 6.45) is 11.6. The average Bonchev–Trinajstić information content (AvgIpc) is 3.54. The van der Waals surface area contributed by atoms with E-state index >= 15 is 0 Å². The van der Waals surface area contributed by atoms with Gasteiger partial charge in [0.05, 0.1) is 12.2 Å². The number of unbranched alkanes of at least 4 members (excludes halogenated alkanes) is 4. The number of aliphatic hydroxyl groups excluding tert-OH is 2. The van der Waals surface area contributed by atoms with Gasteiger partial charge in [-0.25, -0.2) is 0 Å². The second-order valence-corrected chi connectivity index (χ2v) is 11.0. The summed E-state index contributed by atoms with van der Waals surface area (Å²) < 4.78 is 11.8. The lowest BCUT2D eigenvalue weighted by atomic mass is 9.98. The van der Waals surface area contributed by atoms with Crippen LogP contribution in [0.15, 0.2) is 12.1 Å². The monoisotopic (exact) mass is 533 g/mol. The van der Waals surface area contributed by atoms with E-state index in [0.717, 1.165) is 69.8 Å². The van der Waals surface area contributed by atoms with Crippen molar-refractivity contribution in [1.82, 2.24) is 4.90 Å². The minimum Gasteiger partial charge on any atom is -0.504 e. The highest BCUT2D eigenvalue weighted by Gasteiger charge is 2.25. The van der Waals surface area contributed by atoms with Crippen LogP contribution < -0.4 is 4.74 Å². The highest BCUT2D eigenvalue weighted by Crippen LogP contribution is 2.36. The number of aliphatic hydroxyl groups is 2. The molecule has 1 saturated carbocycles. The van der Waals surface area contributed by atoms with Crippen LogP contribution in [-0.4, -0.2) is 63.6 Å². The van der Waals surface area contributed by atoms with E-state index in [1.807, 2.05) is 12.1 Å². The summed E-state index contributed by atoms with van der Waals surface area (Å²) in [5, 5.41) is 30.5. The first-order valence-corrected chi connectivity index (χ1v) is 14.6. The molecule has 2 aliphatic rings. The molecule has 0 radical (unpaired) electrons. The molecule has 0 spiro atoms. The fraction of sp³-hybridized carbons (Fsp3) is 0.733. The third kappa shape index (κ3) is 10.1. The fourth-order valence-corrected chi connectivity index (χ4v) is 5.58. The summed E-state index contributed by atoms with van der Waals surface area (Å²) in [6, 6.07) is 3.80. The number of carbonyl (C=O) groups excluding carboxylic acids is 2. The van der Waals surface area contributed by atoms with Crippen LogP contribution in [0.2, 0.25) is 0 Å². The summed E-state index contributed by atoms with van der Waals surface area (Å²) in [5.74, 6) is 0.299. The van der Waals surface area contributed by atoms with Crippen molar-refractivity contribution < 1.29 is 34.4 Å². The third-order valence-electron chi connectivity index (χ3n) is 7.66. The Morgan fingerprint density at radius 1 is 1.08 bits per heavy atom. The van der Waals surface area contributed by atoms with Crippen LogP contribution in [0.25, 0.3) is 0 Å². The van der Waals surface area contributed by atoms with E-state index in [-0.39, 0.29) is 30.3 Å². The Balaban J connectivity index is 1.64. The number of phenolic OH excluding ortho intramolecular Hbond substituents is 1. The summed E-state index contributed by atoms with van der Waals surface area (Å²) in [5.41, 5.74) is 1.63. The smallest absolute Gasteiger partial charge is 0.302 e. The zero-order chi connectivity index (χ0) is 27.3. The van der Waals surface area contributed by atoms with Crippen molar-refractivity contribution in [3.05, 3.63) is 23.3 Å². The molecule has 8 nitrogen and oxygen atoms in total. The minimum atomic E-state index is -0.546. The van der Waals surface area contributed by atoms with E-state index in [1.165, 1.54) is 6.92 Å². The molecule has 1 aromatic carbocycles. The minimum absolute atomic E-state index is 0.0880. The lowest BCUT2D eigenvalue weighted by Crippen LogP contribution is -2.24. The molecule has 2 atom stereocenters. The van der Waals surface area contributed by atoms with Gasteiger partial charge in [0, 0.05) is 45.0 Å². The van der Waals surface area contributed by atoms with Gasteiger partial charge in [-0.15, -0.1) is 0 Å². The van der Waals surface area contributed by atoms with Crippen molar-refractivity contribution in [1.29, 1.82) is 0 Å². The Kier molecular flexibility index (Phi) is 12.7. The molecule has 0 unspecified atom stereocenters. The average molecular weight is 534 g/mol. The number of nitrogens with zero attached hydrogens (tertiary/aromatic N) is 1. The van der Waals surface area contributed by atoms with Gasteiger partial charge in [-0.3, -0.25) is 9.59 Å². The Bertz CT molecular complexity index is 884. The molecule has 1 saturated heterocycles. The maximum Gasteiger partial charge on any atom is 0.302 e. The van der Waals surface area contributed by atoms with Gasteiger partial charge >= 0.3 is 5.97 Å². The lowest BCUT2D eigenvalue weighted by Gasteiger charge is -2.22. The number of aromatic hydroxyl groups is 1. The molecule has 1 aliphatic carbocycles. The van der Waals surface area contributed by atoms with E-state index in [0.29, 0.717) is 56.5 Å². The van der Waals surface area contributed by atoms with Crippen LogP contribution in [0.1, 0.15) is 108 Å². The Hall–Kier alpha value is -2.32. The maximum absolute atomic E-state index is 12.2. The van der Waals surface area contributed by atoms with Crippen molar-refractivity contribution >= 4 is 11.9 Å². The molecular formula is C30H47NO7. The first kappa shape index (κ1) is 30.2. The topological polar surface area (TPSA) is 117 Å². The number of phenols is 1. The van der Waals surface area contributed by atoms with Crippen molar-refractivity contribution in [2.24, 2.45) is 0 Å². The molecular weight excluding hydrogens is 486 g/mol. The van der Waals surface area contributed by atoms with Crippen LogP contribution >= 0.6 is 0 Å². The van der Waals surface area contributed by atoms with Gasteiger partial charge in [0.25, 0.3) is 0 Å². The van der Waals surface area contributed by atoms with Crippen LogP contribution in [0, 0.1) is 0 Å². The number of benzene rings is 1. The molecule has 8 heteroatoms. The van der Waals surface area contributed by atoms with Crippen molar-refractivity contribution in [3.63, 3.8) is 0 Å². The molecule has 2 fully saturated rings. The number of amides is 1. The molecule has 0 bridgehead atoms. The molecule has 1 heterocycles. The molecule has 1 aromatic rings. The van der Waals surface area contributed by atoms with E-state index in [9.17, 15) is 19.8 Å². The lowest BCUT2D eigenvalue weighted by molar-refractivity contribution is -0.148. The molecule has 38 heavy (non-hydrogen) atoms. The number of ether oxygens (including phenoxy) is 2. The maximum atomic E-state index is 12.2. The van der Waals surface area contributed by atoms with Crippen LogP contribution in [-0.2, 0) is 27.3 Å². The van der Waals surface area contributed by atoms with E-state index < -0.39 is 12.2 Å². The van der Waals surface area contributed by atoms with Gasteiger partial charge in [-0.2, -0.15) is 0 Å². The Labute approximate surface area is 227 Å². The summed E-state index contributed by atoms with van der Waals surface area (Å²) in [4.78, 5) is 25.8. The van der Waals surface area contributed by atoms with Crippen LogP contribution in [0.3, 0.4) is 0 Å². The van der Waals surface area contributed by atoms with E-state index in [4.69, 9.17) is 14.6 Å². The molecule has 0 aromatic heterocycles. The Morgan fingerprint density at radius 3 is 2.50 bits per heavy atom. The van der Waals surface area contributed by atoms with E-state index in [2.05, 4.69) is 0 Å². The molecule has 3 N–H and O–H groups in total. The van der Waals surface area contributed by atoms with Crippen LogP contribution in [0.5, 0.6) is 11.5 Å². The van der Waals surface area contributed by atoms with Gasteiger partial charge < -0.3 is 29.7 Å². The van der Waals surface area contributed by atoms with E-state index in [1.54, 1.807) is 4.90 Å². The number of carbonyl (C=O) groups is 2. The number of esters is 1. The molecule has 1 aliphatic heterocycles. The number of likely N-dealkylation sites (tertiary alicyclic amines) is 1. The quantitative estimate of drug-likeness (QED) is 0.195. The van der Waals surface area contributed by atoms with Gasteiger partial charge in [0.15, 0.2) is 11.5 Å². The molecule has 3 rings (SSSR count). The van der Waals surface area contributed by atoms with Gasteiger partial charge in [-0.05, 0) is 69.4 Å². The second-order valence-electron chi connectivity index (χ2n) is 11.0. The zero-order valence-electron chi connectivity index (χ0n) is 23.0. The number of hydrogen-bond donors (Lipinski definition) is 3. The summed E-state index contributed by atoms with van der Waals surface area (Å²) in [6.45, 7) is 2.65. The van der Waals surface area contributed by atoms with Gasteiger partial charge in [0.2, 0.25) is 5.91 Å². The zero-order valence-corrected chi connectivity index (χ0v) is 23.0. The SMILES string of the molecule is CC(=O)O[C@H](CCc1cc(CN2CCCC2=O)c(O)c(OC2CCCC2)c1)C[C@@H](O)CCCCCCCO. The van der Waals surface area contributed by atoms with Gasteiger partial charge in [0.1, 0.15) is 6.10 Å². The van der Waals surface area contributed by atoms with Crippen molar-refractivity contribution in [2.75, 3.05) is 13.2 Å². The summed E-state index contributed by atoms with van der Waals surface area (Å²) in [7, 11) is 0. The Morgan fingerprint density at radius 2 is 1.82 bits per heavy atom. The number of rotatable bonds is 17. The van der Waals surface area contributed by atoms with Gasteiger partial charge in [-0.1, -0.05) is 31.7 Å². The fourth-order valence-electron chi connectivity index (χ4n) is 5.58. The first-order valence-electron chi connectivity index (χ1n) is 14.6. The predicted molar refractivity (Wildman–Crippen MR) is 145 cm³/mol. The number of aryl methyl sites for hydroxylation is 1. The molecule has 214 valence electrons. The third-order valence-corrected chi connectivity index (χ3v) is 7.66.